The van der Waals surface area contributed by atoms with Gasteiger partial charge in [0.1, 0.15) is 0 Å². The maximum Gasteiger partial charge on any atom is 0.237 e. The van der Waals surface area contributed by atoms with E-state index < -0.39 is 0 Å². The average Bonchev–Trinajstić information content (AvgIpc) is 3.28. The zero-order chi connectivity index (χ0) is 20.2. The lowest BCUT2D eigenvalue weighted by Crippen LogP contribution is -2.54. The van der Waals surface area contributed by atoms with E-state index in [-0.39, 0.29) is 11.9 Å². The molecule has 0 unspecified atom stereocenters. The molecule has 1 aromatic carbocycles. The molecule has 1 saturated carbocycles. The van der Waals surface area contributed by atoms with Crippen LogP contribution in [0.15, 0.2) is 30.3 Å². The Kier molecular flexibility index (Phi) is 6.88. The van der Waals surface area contributed by atoms with Crippen molar-refractivity contribution in [1.29, 1.82) is 0 Å². The Balaban J connectivity index is 1.35. The largest absolute Gasteiger partial charge is 0.379 e. The number of likely N-dealkylation sites (tertiary alicyclic amines) is 1. The van der Waals surface area contributed by atoms with Crippen LogP contribution in [0.2, 0.25) is 0 Å². The number of benzene rings is 1. The number of ether oxygens (including phenoxy) is 1. The Morgan fingerprint density at radius 1 is 1.14 bits per heavy atom. The smallest absolute Gasteiger partial charge is 0.237 e. The van der Waals surface area contributed by atoms with Crippen LogP contribution in [-0.4, -0.2) is 67.2 Å². The molecule has 2 heterocycles. The van der Waals surface area contributed by atoms with Crippen molar-refractivity contribution in [3.8, 4) is 0 Å². The van der Waals surface area contributed by atoms with Crippen LogP contribution in [0.4, 0.5) is 0 Å². The summed E-state index contributed by atoms with van der Waals surface area (Å²) in [6, 6.07) is 11.1. The van der Waals surface area contributed by atoms with Gasteiger partial charge in [0.25, 0.3) is 0 Å². The molecule has 4 atom stereocenters. The van der Waals surface area contributed by atoms with Crippen molar-refractivity contribution < 1.29 is 9.53 Å². The van der Waals surface area contributed by atoms with Crippen molar-refractivity contribution >= 4 is 5.91 Å². The number of nitrogens with zero attached hydrogens (tertiary/aromatic N) is 2. The molecule has 0 radical (unpaired) electrons. The van der Waals surface area contributed by atoms with Crippen LogP contribution in [0, 0.1) is 17.8 Å². The highest BCUT2D eigenvalue weighted by atomic mass is 16.5. The molecule has 1 amide bonds. The van der Waals surface area contributed by atoms with E-state index in [0.29, 0.717) is 17.9 Å². The van der Waals surface area contributed by atoms with Crippen LogP contribution in [-0.2, 0) is 16.1 Å². The molecule has 5 heteroatoms. The first-order chi connectivity index (χ1) is 14.1. The summed E-state index contributed by atoms with van der Waals surface area (Å²) in [6.07, 6.45) is 3.30. The normalized spacial score (nSPS) is 29.1. The fourth-order valence-corrected chi connectivity index (χ4v) is 5.54. The first-order valence-corrected chi connectivity index (χ1v) is 11.5. The highest BCUT2D eigenvalue weighted by Crippen LogP contribution is 2.38. The lowest BCUT2D eigenvalue weighted by Gasteiger charge is -2.35. The van der Waals surface area contributed by atoms with Crippen molar-refractivity contribution in [1.82, 2.24) is 15.1 Å². The monoisotopic (exact) mass is 399 g/mol. The van der Waals surface area contributed by atoms with Crippen LogP contribution >= 0.6 is 0 Å². The molecule has 2 aliphatic heterocycles. The molecule has 2 saturated heterocycles. The SMILES string of the molecule is CC(C)C[C@@H](C(=O)N[C@@H]1CC[C@H]2CN(Cc3ccccc3)C[C@H]21)N1CCOCC1. The van der Waals surface area contributed by atoms with Gasteiger partial charge < -0.3 is 10.1 Å². The topological polar surface area (TPSA) is 44.8 Å². The van der Waals surface area contributed by atoms with E-state index in [4.69, 9.17) is 4.74 Å². The lowest BCUT2D eigenvalue weighted by atomic mass is 9.96. The van der Waals surface area contributed by atoms with Crippen molar-refractivity contribution in [2.24, 2.45) is 17.8 Å². The lowest BCUT2D eigenvalue weighted by molar-refractivity contribution is -0.130. The maximum atomic E-state index is 13.3. The van der Waals surface area contributed by atoms with Crippen LogP contribution in [0.5, 0.6) is 0 Å². The van der Waals surface area contributed by atoms with Gasteiger partial charge in [-0.05, 0) is 42.6 Å². The molecule has 3 fully saturated rings. The van der Waals surface area contributed by atoms with Crippen molar-refractivity contribution in [2.45, 2.75) is 51.7 Å². The van der Waals surface area contributed by atoms with E-state index in [2.05, 4.69) is 59.3 Å². The third-order valence-corrected chi connectivity index (χ3v) is 6.99. The van der Waals surface area contributed by atoms with Gasteiger partial charge in [0.05, 0.1) is 19.3 Å². The second-order valence-corrected chi connectivity index (χ2v) is 9.59. The Hall–Kier alpha value is -1.43. The van der Waals surface area contributed by atoms with E-state index >= 15 is 0 Å². The summed E-state index contributed by atoms with van der Waals surface area (Å²) in [6.45, 7) is 10.9. The number of hydrogen-bond acceptors (Lipinski definition) is 4. The molecule has 0 bridgehead atoms. The number of carbonyl (C=O) groups is 1. The second-order valence-electron chi connectivity index (χ2n) is 9.59. The zero-order valence-electron chi connectivity index (χ0n) is 18.1. The van der Waals surface area contributed by atoms with Gasteiger partial charge in [0, 0.05) is 38.8 Å². The molecule has 1 N–H and O–H groups in total. The Bertz CT molecular complexity index is 659. The Morgan fingerprint density at radius 2 is 1.90 bits per heavy atom. The van der Waals surface area contributed by atoms with Crippen molar-refractivity contribution in [3.63, 3.8) is 0 Å². The summed E-state index contributed by atoms with van der Waals surface area (Å²) >= 11 is 0. The summed E-state index contributed by atoms with van der Waals surface area (Å²) in [5.74, 6) is 2.09. The van der Waals surface area contributed by atoms with E-state index in [9.17, 15) is 4.79 Å². The van der Waals surface area contributed by atoms with E-state index in [1.807, 2.05) is 0 Å². The minimum atomic E-state index is -0.0141. The quantitative estimate of drug-likeness (QED) is 0.766. The second kappa shape index (κ2) is 9.59. The fourth-order valence-electron chi connectivity index (χ4n) is 5.54. The molecule has 0 aromatic heterocycles. The van der Waals surface area contributed by atoms with Gasteiger partial charge in [-0.15, -0.1) is 0 Å². The van der Waals surface area contributed by atoms with Gasteiger partial charge in [-0.3, -0.25) is 14.6 Å². The highest BCUT2D eigenvalue weighted by molar-refractivity contribution is 5.82. The number of fused-ring (bicyclic) bond motifs is 1. The van der Waals surface area contributed by atoms with Gasteiger partial charge in [0.15, 0.2) is 0 Å². The van der Waals surface area contributed by atoms with Crippen LogP contribution < -0.4 is 5.32 Å². The van der Waals surface area contributed by atoms with Gasteiger partial charge in [-0.25, -0.2) is 0 Å². The van der Waals surface area contributed by atoms with Gasteiger partial charge in [-0.1, -0.05) is 44.2 Å². The molecule has 1 aromatic rings. The molecule has 29 heavy (non-hydrogen) atoms. The molecule has 1 aliphatic carbocycles. The minimum absolute atomic E-state index is 0.0141. The summed E-state index contributed by atoms with van der Waals surface area (Å²) < 4.78 is 5.51. The predicted molar refractivity (Wildman–Crippen MR) is 115 cm³/mol. The first-order valence-electron chi connectivity index (χ1n) is 11.5. The van der Waals surface area contributed by atoms with Crippen molar-refractivity contribution in [2.75, 3.05) is 39.4 Å². The van der Waals surface area contributed by atoms with Crippen molar-refractivity contribution in [3.05, 3.63) is 35.9 Å². The van der Waals surface area contributed by atoms with E-state index in [0.717, 1.165) is 58.2 Å². The minimum Gasteiger partial charge on any atom is -0.379 e. The number of nitrogens with one attached hydrogen (secondary N) is 1. The molecular formula is C24H37N3O2. The Morgan fingerprint density at radius 3 is 2.62 bits per heavy atom. The average molecular weight is 400 g/mol. The summed E-state index contributed by atoms with van der Waals surface area (Å²) in [5.41, 5.74) is 1.39. The summed E-state index contributed by atoms with van der Waals surface area (Å²) in [7, 11) is 0. The maximum absolute atomic E-state index is 13.3. The molecule has 5 nitrogen and oxygen atoms in total. The predicted octanol–water partition coefficient (Wildman–Crippen LogP) is 2.76. The number of hydrogen-bond donors (Lipinski definition) is 1. The third-order valence-electron chi connectivity index (χ3n) is 6.99. The molecule has 4 rings (SSSR count). The fraction of sp³-hybridized carbons (Fsp3) is 0.708. The Labute approximate surface area is 175 Å². The molecular weight excluding hydrogens is 362 g/mol. The van der Waals surface area contributed by atoms with Crippen LogP contribution in [0.1, 0.15) is 38.7 Å². The summed E-state index contributed by atoms with van der Waals surface area (Å²) in [4.78, 5) is 18.2. The van der Waals surface area contributed by atoms with E-state index in [1.165, 1.54) is 18.5 Å². The van der Waals surface area contributed by atoms with Gasteiger partial charge >= 0.3 is 0 Å². The number of rotatable bonds is 7. The third kappa shape index (κ3) is 5.19. The number of morpholine rings is 1. The zero-order valence-corrected chi connectivity index (χ0v) is 18.1. The number of carbonyl (C=O) groups excluding carboxylic acids is 1. The van der Waals surface area contributed by atoms with E-state index in [1.54, 1.807) is 0 Å². The van der Waals surface area contributed by atoms with Crippen LogP contribution in [0.25, 0.3) is 0 Å². The van der Waals surface area contributed by atoms with Gasteiger partial charge in [-0.2, -0.15) is 0 Å². The van der Waals surface area contributed by atoms with Gasteiger partial charge in [0.2, 0.25) is 5.91 Å². The first kappa shape index (κ1) is 20.8. The standard InChI is InChI=1S/C24H37N3O2/c1-18(2)14-23(27-10-12-29-13-11-27)24(28)25-22-9-8-20-16-26(17-21(20)22)15-19-6-4-3-5-7-19/h3-7,18,20-23H,8-17H2,1-2H3,(H,25,28)/t20-,21+,22+,23-/m0/s1. The highest BCUT2D eigenvalue weighted by Gasteiger charge is 2.43. The number of amides is 1. The molecule has 3 aliphatic rings. The van der Waals surface area contributed by atoms with Crippen LogP contribution in [0.3, 0.4) is 0 Å². The molecule has 160 valence electrons. The molecule has 0 spiro atoms. The summed E-state index contributed by atoms with van der Waals surface area (Å²) in [5, 5.41) is 3.49.